The first-order chi connectivity index (χ1) is 9.18. The number of halogens is 3. The van der Waals surface area contributed by atoms with Crippen molar-refractivity contribution in [3.8, 4) is 0 Å². The Balaban J connectivity index is 3.04. The lowest BCUT2D eigenvalue weighted by atomic mass is 9.85. The fourth-order valence-electron chi connectivity index (χ4n) is 1.93. The number of amides is 1. The number of carbonyl (C=O) groups excluding carboxylic acids is 1. The number of aryl methyl sites for hydroxylation is 1. The van der Waals surface area contributed by atoms with Crippen molar-refractivity contribution in [2.75, 3.05) is 5.33 Å². The van der Waals surface area contributed by atoms with Crippen LogP contribution in [-0.2, 0) is 0 Å². The number of hydrogen-bond acceptors (Lipinski definition) is 1. The van der Waals surface area contributed by atoms with E-state index in [9.17, 15) is 13.6 Å². The Morgan fingerprint density at radius 2 is 1.95 bits per heavy atom. The van der Waals surface area contributed by atoms with Crippen molar-refractivity contribution >= 4 is 21.8 Å². The van der Waals surface area contributed by atoms with Crippen molar-refractivity contribution in [1.82, 2.24) is 5.32 Å². The molecule has 1 aromatic rings. The molecule has 20 heavy (non-hydrogen) atoms. The van der Waals surface area contributed by atoms with Crippen LogP contribution in [0.1, 0.15) is 43.1 Å². The number of nitrogens with one attached hydrogen (secondary N) is 1. The molecule has 5 heteroatoms. The highest BCUT2D eigenvalue weighted by atomic mass is 79.9. The van der Waals surface area contributed by atoms with Gasteiger partial charge in [-0.2, -0.15) is 0 Å². The topological polar surface area (TPSA) is 29.1 Å². The third-order valence-electron chi connectivity index (χ3n) is 3.26. The molecule has 0 aliphatic rings. The predicted octanol–water partition coefficient (Wildman–Crippen LogP) is 4.20. The van der Waals surface area contributed by atoms with Gasteiger partial charge in [0.2, 0.25) is 0 Å². The lowest BCUT2D eigenvalue weighted by Crippen LogP contribution is -2.44. The Kier molecular flexibility index (Phi) is 5.68. The fraction of sp³-hybridized carbons (Fsp3) is 0.533. The standard InChI is InChI=1S/C15H20BrF2NO/c1-9-5-6-10(17)12(13(9)18)14(20)19-11(7-8-16)15(2,3)4/h5-6,11H,7-8H2,1-4H3,(H,19,20). The maximum absolute atomic E-state index is 13.9. The van der Waals surface area contributed by atoms with Crippen molar-refractivity contribution in [1.29, 1.82) is 0 Å². The summed E-state index contributed by atoms with van der Waals surface area (Å²) in [6, 6.07) is 2.26. The Morgan fingerprint density at radius 1 is 1.35 bits per heavy atom. The molecular weight excluding hydrogens is 328 g/mol. The van der Waals surface area contributed by atoms with E-state index in [1.807, 2.05) is 20.8 Å². The second kappa shape index (κ2) is 6.66. The molecule has 0 radical (unpaired) electrons. The maximum atomic E-state index is 13.9. The van der Waals surface area contributed by atoms with Gasteiger partial charge in [-0.3, -0.25) is 4.79 Å². The molecule has 1 N–H and O–H groups in total. The molecule has 0 spiro atoms. The first kappa shape index (κ1) is 17.1. The summed E-state index contributed by atoms with van der Waals surface area (Å²) in [4.78, 5) is 12.2. The normalized spacial score (nSPS) is 13.2. The van der Waals surface area contributed by atoms with E-state index in [1.165, 1.54) is 13.0 Å². The average molecular weight is 348 g/mol. The van der Waals surface area contributed by atoms with Crippen LogP contribution in [-0.4, -0.2) is 17.3 Å². The molecule has 1 amide bonds. The molecule has 2 nitrogen and oxygen atoms in total. The van der Waals surface area contributed by atoms with Crippen molar-refractivity contribution < 1.29 is 13.6 Å². The minimum Gasteiger partial charge on any atom is -0.349 e. The molecule has 0 fully saturated rings. The summed E-state index contributed by atoms with van der Waals surface area (Å²) in [5.74, 6) is -2.34. The second-order valence-electron chi connectivity index (χ2n) is 5.92. The zero-order valence-electron chi connectivity index (χ0n) is 12.2. The van der Waals surface area contributed by atoms with Gasteiger partial charge in [-0.05, 0) is 30.4 Å². The van der Waals surface area contributed by atoms with Gasteiger partial charge >= 0.3 is 0 Å². The van der Waals surface area contributed by atoms with Crippen LogP contribution in [0.4, 0.5) is 8.78 Å². The Bertz CT molecular complexity index is 497. The van der Waals surface area contributed by atoms with Crippen LogP contribution in [0.3, 0.4) is 0 Å². The van der Waals surface area contributed by atoms with Crippen LogP contribution in [0.15, 0.2) is 12.1 Å². The first-order valence-electron chi connectivity index (χ1n) is 6.50. The lowest BCUT2D eigenvalue weighted by Gasteiger charge is -2.31. The summed E-state index contributed by atoms with van der Waals surface area (Å²) >= 11 is 3.33. The summed E-state index contributed by atoms with van der Waals surface area (Å²) < 4.78 is 27.6. The Labute approximate surface area is 127 Å². The van der Waals surface area contributed by atoms with E-state index in [2.05, 4.69) is 21.2 Å². The van der Waals surface area contributed by atoms with E-state index < -0.39 is 23.1 Å². The summed E-state index contributed by atoms with van der Waals surface area (Å²) in [6.45, 7) is 7.43. The smallest absolute Gasteiger partial charge is 0.257 e. The molecular formula is C15H20BrF2NO. The fourth-order valence-corrected chi connectivity index (χ4v) is 2.38. The van der Waals surface area contributed by atoms with E-state index in [0.717, 1.165) is 6.07 Å². The number of benzene rings is 1. The van der Waals surface area contributed by atoms with Gasteiger partial charge in [0.1, 0.15) is 17.2 Å². The monoisotopic (exact) mass is 347 g/mol. The van der Waals surface area contributed by atoms with Crippen LogP contribution in [0.25, 0.3) is 0 Å². The number of rotatable bonds is 4. The van der Waals surface area contributed by atoms with Gasteiger partial charge in [-0.1, -0.05) is 42.8 Å². The molecule has 1 unspecified atom stereocenters. The summed E-state index contributed by atoms with van der Waals surface area (Å²) in [5, 5.41) is 3.44. The quantitative estimate of drug-likeness (QED) is 0.812. The highest BCUT2D eigenvalue weighted by Gasteiger charge is 2.28. The van der Waals surface area contributed by atoms with Crippen molar-refractivity contribution in [2.45, 2.75) is 40.2 Å². The van der Waals surface area contributed by atoms with Crippen molar-refractivity contribution in [3.63, 3.8) is 0 Å². The van der Waals surface area contributed by atoms with Crippen LogP contribution in [0, 0.1) is 24.0 Å². The third kappa shape index (κ3) is 4.01. The highest BCUT2D eigenvalue weighted by Crippen LogP contribution is 2.24. The molecule has 0 bridgehead atoms. The van der Waals surface area contributed by atoms with Crippen LogP contribution >= 0.6 is 15.9 Å². The van der Waals surface area contributed by atoms with E-state index >= 15 is 0 Å². The molecule has 1 aromatic carbocycles. The zero-order chi connectivity index (χ0) is 15.5. The zero-order valence-corrected chi connectivity index (χ0v) is 13.8. The minimum absolute atomic E-state index is 0.173. The molecule has 0 saturated carbocycles. The van der Waals surface area contributed by atoms with Crippen LogP contribution < -0.4 is 5.32 Å². The van der Waals surface area contributed by atoms with Crippen LogP contribution in [0.5, 0.6) is 0 Å². The molecule has 0 saturated heterocycles. The number of hydrogen-bond donors (Lipinski definition) is 1. The van der Waals surface area contributed by atoms with Crippen molar-refractivity contribution in [3.05, 3.63) is 34.9 Å². The summed E-state index contributed by atoms with van der Waals surface area (Å²) in [6.07, 6.45) is 0.685. The van der Waals surface area contributed by atoms with Gasteiger partial charge in [0.15, 0.2) is 0 Å². The molecule has 1 atom stereocenters. The molecule has 0 heterocycles. The van der Waals surface area contributed by atoms with E-state index in [-0.39, 0.29) is 17.0 Å². The van der Waals surface area contributed by atoms with Gasteiger partial charge in [0.05, 0.1) is 0 Å². The molecule has 0 aliphatic carbocycles. The van der Waals surface area contributed by atoms with E-state index in [0.29, 0.717) is 11.8 Å². The van der Waals surface area contributed by atoms with E-state index in [1.54, 1.807) is 0 Å². The van der Waals surface area contributed by atoms with Crippen LogP contribution in [0.2, 0.25) is 0 Å². The molecule has 1 rings (SSSR count). The summed E-state index contributed by atoms with van der Waals surface area (Å²) in [7, 11) is 0. The summed E-state index contributed by atoms with van der Waals surface area (Å²) in [5.41, 5.74) is -0.446. The largest absolute Gasteiger partial charge is 0.349 e. The van der Waals surface area contributed by atoms with Gasteiger partial charge in [-0.15, -0.1) is 0 Å². The average Bonchev–Trinajstić information content (AvgIpc) is 2.33. The minimum atomic E-state index is -0.836. The van der Waals surface area contributed by atoms with Gasteiger partial charge < -0.3 is 5.32 Å². The third-order valence-corrected chi connectivity index (χ3v) is 3.72. The van der Waals surface area contributed by atoms with Gasteiger partial charge in [0.25, 0.3) is 5.91 Å². The Hall–Kier alpha value is -0.970. The van der Waals surface area contributed by atoms with Gasteiger partial charge in [0, 0.05) is 11.4 Å². The molecule has 0 aliphatic heterocycles. The van der Waals surface area contributed by atoms with Gasteiger partial charge in [-0.25, -0.2) is 8.78 Å². The molecule has 112 valence electrons. The number of carbonyl (C=O) groups is 1. The van der Waals surface area contributed by atoms with E-state index in [4.69, 9.17) is 0 Å². The SMILES string of the molecule is Cc1ccc(F)c(C(=O)NC(CCBr)C(C)(C)C)c1F. The highest BCUT2D eigenvalue weighted by molar-refractivity contribution is 9.09. The second-order valence-corrected chi connectivity index (χ2v) is 6.72. The first-order valence-corrected chi connectivity index (χ1v) is 7.62. The predicted molar refractivity (Wildman–Crippen MR) is 80.2 cm³/mol. The van der Waals surface area contributed by atoms with Crippen molar-refractivity contribution in [2.24, 2.45) is 5.41 Å². The number of alkyl halides is 1. The molecule has 0 aromatic heterocycles. The lowest BCUT2D eigenvalue weighted by molar-refractivity contribution is 0.0892. The maximum Gasteiger partial charge on any atom is 0.257 e. The Morgan fingerprint density at radius 3 is 2.45 bits per heavy atom.